The quantitative estimate of drug-likeness (QED) is 0.854. The van der Waals surface area contributed by atoms with Gasteiger partial charge in [0.1, 0.15) is 0 Å². The van der Waals surface area contributed by atoms with Gasteiger partial charge in [0, 0.05) is 28.8 Å². The highest BCUT2D eigenvalue weighted by atomic mass is 79.9. The van der Waals surface area contributed by atoms with Gasteiger partial charge in [-0.2, -0.15) is 0 Å². The lowest BCUT2D eigenvalue weighted by molar-refractivity contribution is 0.0996. The molecule has 1 aliphatic rings. The van der Waals surface area contributed by atoms with Crippen LogP contribution in [0.1, 0.15) is 30.6 Å². The van der Waals surface area contributed by atoms with Crippen molar-refractivity contribution >= 4 is 27.4 Å². The largest absolute Gasteiger partial charge is 0.391 e. The maximum atomic E-state index is 11.7. The Hall–Kier alpha value is -0.870. The molecule has 1 aliphatic heterocycles. The van der Waals surface area contributed by atoms with Gasteiger partial charge in [0.15, 0.2) is 5.78 Å². The number of anilines is 1. The minimum atomic E-state index is -0.322. The molecule has 18 heavy (non-hydrogen) atoms. The van der Waals surface area contributed by atoms with Crippen molar-refractivity contribution in [1.29, 1.82) is 0 Å². The summed E-state index contributed by atoms with van der Waals surface area (Å²) in [6.45, 7) is 5.12. The van der Waals surface area contributed by atoms with Crippen LogP contribution in [-0.4, -0.2) is 30.1 Å². The lowest BCUT2D eigenvalue weighted by Gasteiger charge is -2.36. The van der Waals surface area contributed by atoms with Gasteiger partial charge in [0.25, 0.3) is 0 Å². The highest BCUT2D eigenvalue weighted by Gasteiger charge is 2.26. The summed E-state index contributed by atoms with van der Waals surface area (Å²) in [7, 11) is 0. The number of ketones is 1. The summed E-state index contributed by atoms with van der Waals surface area (Å²) >= 11 is 3.44. The first-order valence-electron chi connectivity index (χ1n) is 6.22. The highest BCUT2D eigenvalue weighted by Crippen LogP contribution is 2.29. The van der Waals surface area contributed by atoms with Crippen LogP contribution in [0.3, 0.4) is 0 Å². The maximum absolute atomic E-state index is 11.7. The molecule has 1 fully saturated rings. The lowest BCUT2D eigenvalue weighted by Crippen LogP contribution is -2.43. The van der Waals surface area contributed by atoms with Crippen molar-refractivity contribution in [3.63, 3.8) is 0 Å². The molecular formula is C14H18BrNO2. The Kier molecular flexibility index (Phi) is 4.07. The van der Waals surface area contributed by atoms with Gasteiger partial charge in [-0.05, 0) is 37.5 Å². The Balaban J connectivity index is 2.32. The van der Waals surface area contributed by atoms with Gasteiger partial charge in [-0.25, -0.2) is 0 Å². The minimum absolute atomic E-state index is 0.0608. The second-order valence-electron chi connectivity index (χ2n) is 5.00. The van der Waals surface area contributed by atoms with E-state index < -0.39 is 0 Å². The second-order valence-corrected chi connectivity index (χ2v) is 5.91. The van der Waals surface area contributed by atoms with E-state index >= 15 is 0 Å². The molecule has 3 nitrogen and oxygen atoms in total. The molecule has 0 aromatic heterocycles. The number of aliphatic hydroxyl groups is 1. The molecule has 1 aromatic carbocycles. The fraction of sp³-hybridized carbons (Fsp3) is 0.500. The van der Waals surface area contributed by atoms with E-state index in [1.54, 1.807) is 6.92 Å². The number of carbonyl (C=O) groups is 1. The third-order valence-electron chi connectivity index (χ3n) is 3.60. The van der Waals surface area contributed by atoms with Crippen molar-refractivity contribution in [3.8, 4) is 0 Å². The molecule has 0 aliphatic carbocycles. The maximum Gasteiger partial charge on any atom is 0.161 e. The number of hydrogen-bond donors (Lipinski definition) is 1. The normalized spacial score (nSPS) is 24.1. The fourth-order valence-electron chi connectivity index (χ4n) is 2.33. The smallest absolute Gasteiger partial charge is 0.161 e. The van der Waals surface area contributed by atoms with Gasteiger partial charge >= 0.3 is 0 Å². The van der Waals surface area contributed by atoms with E-state index in [0.717, 1.165) is 28.7 Å². The summed E-state index contributed by atoms with van der Waals surface area (Å²) in [6.07, 6.45) is 0.628. The zero-order valence-electron chi connectivity index (χ0n) is 10.7. The number of halogens is 1. The van der Waals surface area contributed by atoms with Crippen LogP contribution in [-0.2, 0) is 0 Å². The number of carbonyl (C=O) groups excluding carboxylic acids is 1. The molecule has 2 unspecified atom stereocenters. The Morgan fingerprint density at radius 2 is 2.22 bits per heavy atom. The summed E-state index contributed by atoms with van der Waals surface area (Å²) in [4.78, 5) is 13.8. The van der Waals surface area contributed by atoms with Crippen LogP contribution in [0, 0.1) is 5.92 Å². The van der Waals surface area contributed by atoms with Crippen molar-refractivity contribution in [1.82, 2.24) is 0 Å². The standard InChI is InChI=1S/C14H18BrNO2/c1-9-5-6-16(8-14(9)18)13-7-11(15)3-4-12(13)10(2)17/h3-4,7,9,14,18H,5-6,8H2,1-2H3. The molecule has 1 heterocycles. The van der Waals surface area contributed by atoms with E-state index in [9.17, 15) is 9.90 Å². The third-order valence-corrected chi connectivity index (χ3v) is 4.09. The van der Waals surface area contributed by atoms with E-state index in [1.165, 1.54) is 0 Å². The van der Waals surface area contributed by atoms with Crippen LogP contribution in [0.4, 0.5) is 5.69 Å². The van der Waals surface area contributed by atoms with Gasteiger partial charge in [0.2, 0.25) is 0 Å². The van der Waals surface area contributed by atoms with Crippen LogP contribution >= 0.6 is 15.9 Å². The number of hydrogen-bond acceptors (Lipinski definition) is 3. The summed E-state index contributed by atoms with van der Waals surface area (Å²) in [5.74, 6) is 0.389. The van der Waals surface area contributed by atoms with Crippen molar-refractivity contribution in [2.45, 2.75) is 26.4 Å². The lowest BCUT2D eigenvalue weighted by atomic mass is 9.95. The molecule has 2 atom stereocenters. The first-order chi connectivity index (χ1) is 8.49. The number of nitrogens with zero attached hydrogens (tertiary/aromatic N) is 1. The van der Waals surface area contributed by atoms with Crippen LogP contribution in [0.25, 0.3) is 0 Å². The molecule has 98 valence electrons. The van der Waals surface area contributed by atoms with Crippen molar-refractivity contribution in [3.05, 3.63) is 28.2 Å². The molecule has 0 amide bonds. The average molecular weight is 312 g/mol. The molecule has 0 bridgehead atoms. The fourth-order valence-corrected chi connectivity index (χ4v) is 2.68. The van der Waals surface area contributed by atoms with Crippen LogP contribution in [0.15, 0.2) is 22.7 Å². The Morgan fingerprint density at radius 1 is 1.50 bits per heavy atom. The number of rotatable bonds is 2. The van der Waals surface area contributed by atoms with Gasteiger partial charge in [-0.1, -0.05) is 22.9 Å². The van der Waals surface area contributed by atoms with Gasteiger partial charge in [0.05, 0.1) is 6.10 Å². The van der Waals surface area contributed by atoms with Crippen molar-refractivity contribution in [2.24, 2.45) is 5.92 Å². The Morgan fingerprint density at radius 3 is 2.83 bits per heavy atom. The zero-order chi connectivity index (χ0) is 13.3. The topological polar surface area (TPSA) is 40.5 Å². The summed E-state index contributed by atoms with van der Waals surface area (Å²) in [6, 6.07) is 5.68. The van der Waals surface area contributed by atoms with Crippen molar-refractivity contribution < 1.29 is 9.90 Å². The molecule has 1 N–H and O–H groups in total. The molecule has 2 rings (SSSR count). The first-order valence-corrected chi connectivity index (χ1v) is 7.02. The summed E-state index contributed by atoms with van der Waals surface area (Å²) < 4.78 is 0.954. The minimum Gasteiger partial charge on any atom is -0.391 e. The summed E-state index contributed by atoms with van der Waals surface area (Å²) in [5, 5.41) is 9.97. The van der Waals surface area contributed by atoms with E-state index in [1.807, 2.05) is 18.2 Å². The molecule has 4 heteroatoms. The number of aliphatic hydroxyl groups excluding tert-OH is 1. The molecule has 0 radical (unpaired) electrons. The van der Waals surface area contributed by atoms with Gasteiger partial charge in [-0.15, -0.1) is 0 Å². The molecule has 0 spiro atoms. The zero-order valence-corrected chi connectivity index (χ0v) is 12.3. The van der Waals surface area contributed by atoms with Crippen molar-refractivity contribution in [2.75, 3.05) is 18.0 Å². The van der Waals surface area contributed by atoms with Gasteiger partial charge < -0.3 is 10.0 Å². The number of Topliss-reactive ketones (excluding diaryl/α,β-unsaturated/α-hetero) is 1. The van der Waals surface area contributed by atoms with E-state index in [2.05, 4.69) is 27.8 Å². The van der Waals surface area contributed by atoms with Crippen LogP contribution in [0.2, 0.25) is 0 Å². The van der Waals surface area contributed by atoms with E-state index in [4.69, 9.17) is 0 Å². The number of piperidine rings is 1. The van der Waals surface area contributed by atoms with E-state index in [-0.39, 0.29) is 11.9 Å². The third kappa shape index (κ3) is 2.75. The highest BCUT2D eigenvalue weighted by molar-refractivity contribution is 9.10. The molecular weight excluding hydrogens is 294 g/mol. The first kappa shape index (κ1) is 13.6. The molecule has 0 saturated carbocycles. The van der Waals surface area contributed by atoms with Crippen LogP contribution < -0.4 is 4.90 Å². The number of β-amino-alcohol motifs (C(OH)–C–C–N with tert-alkyl or cyclic N) is 1. The SMILES string of the molecule is CC(=O)c1ccc(Br)cc1N1CCC(C)C(O)C1. The second kappa shape index (κ2) is 5.41. The summed E-state index contributed by atoms with van der Waals surface area (Å²) in [5.41, 5.74) is 1.64. The predicted molar refractivity (Wildman–Crippen MR) is 76.1 cm³/mol. The van der Waals surface area contributed by atoms with Gasteiger partial charge in [-0.3, -0.25) is 4.79 Å². The average Bonchev–Trinajstić information content (AvgIpc) is 2.32. The molecule has 1 aromatic rings. The van der Waals surface area contributed by atoms with Crippen LogP contribution in [0.5, 0.6) is 0 Å². The Bertz CT molecular complexity index is 461. The monoisotopic (exact) mass is 311 g/mol. The number of benzene rings is 1. The predicted octanol–water partition coefficient (Wildman–Crippen LogP) is 2.86. The Labute approximate surface area is 116 Å². The molecule has 1 saturated heterocycles. The van der Waals surface area contributed by atoms with E-state index in [0.29, 0.717) is 12.5 Å².